The van der Waals surface area contributed by atoms with E-state index in [1.54, 1.807) is 18.2 Å². The quantitative estimate of drug-likeness (QED) is 0.536. The second-order valence-electron chi connectivity index (χ2n) is 6.45. The number of rotatable bonds is 6. The topological polar surface area (TPSA) is 60.2 Å². The lowest BCUT2D eigenvalue weighted by molar-refractivity contribution is 0.287. The Morgan fingerprint density at radius 3 is 2.44 bits per heavy atom. The van der Waals surface area contributed by atoms with Crippen LogP contribution < -0.4 is 10.1 Å². The highest BCUT2D eigenvalue weighted by molar-refractivity contribution is 6.39. The van der Waals surface area contributed by atoms with Crippen molar-refractivity contribution < 1.29 is 9.26 Å². The zero-order valence-corrected chi connectivity index (χ0v) is 17.1. The molecule has 2 heterocycles. The van der Waals surface area contributed by atoms with E-state index in [9.17, 15) is 0 Å². The Morgan fingerprint density at radius 1 is 1.15 bits per heavy atom. The summed E-state index contributed by atoms with van der Waals surface area (Å²) in [7, 11) is 1.86. The van der Waals surface area contributed by atoms with Gasteiger partial charge in [-0.05, 0) is 25.1 Å². The average molecular weight is 406 g/mol. The molecule has 1 N–H and O–H groups in total. The molecule has 3 aromatic rings. The highest BCUT2D eigenvalue weighted by Crippen LogP contribution is 2.38. The van der Waals surface area contributed by atoms with Crippen molar-refractivity contribution in [1.82, 2.24) is 10.1 Å². The smallest absolute Gasteiger partial charge is 0.213 e. The van der Waals surface area contributed by atoms with Crippen molar-refractivity contribution in [1.29, 1.82) is 0 Å². The first kappa shape index (κ1) is 19.5. The maximum atomic E-state index is 6.37. The second kappa shape index (κ2) is 8.19. The number of hydrogen-bond donors (Lipinski definition) is 1. The van der Waals surface area contributed by atoms with Crippen molar-refractivity contribution in [3.8, 4) is 17.1 Å². The number of halogens is 2. The predicted molar refractivity (Wildman–Crippen MR) is 109 cm³/mol. The molecule has 0 aliphatic heterocycles. The molecule has 0 spiro atoms. The van der Waals surface area contributed by atoms with Crippen LogP contribution in [0.1, 0.15) is 36.8 Å². The largest absolute Gasteiger partial charge is 0.473 e. The summed E-state index contributed by atoms with van der Waals surface area (Å²) >= 11 is 12.7. The number of aryl methyl sites for hydroxylation is 1. The zero-order chi connectivity index (χ0) is 19.6. The van der Waals surface area contributed by atoms with Crippen LogP contribution in [-0.4, -0.2) is 17.2 Å². The molecule has 1 aromatic carbocycles. The number of benzene rings is 1. The molecule has 2 aromatic heterocycles. The molecule has 0 atom stereocenters. The minimum Gasteiger partial charge on any atom is -0.473 e. The molecule has 3 rings (SSSR count). The van der Waals surface area contributed by atoms with Crippen LogP contribution in [0.2, 0.25) is 10.0 Å². The van der Waals surface area contributed by atoms with E-state index in [0.717, 1.165) is 22.7 Å². The van der Waals surface area contributed by atoms with Crippen LogP contribution in [0.5, 0.6) is 5.88 Å². The molecular formula is C20H21Cl2N3O2. The number of pyridine rings is 1. The first-order valence-electron chi connectivity index (χ1n) is 8.63. The Morgan fingerprint density at radius 2 is 1.85 bits per heavy atom. The summed E-state index contributed by atoms with van der Waals surface area (Å²) in [5, 5.41) is 8.35. The van der Waals surface area contributed by atoms with Crippen molar-refractivity contribution in [3.63, 3.8) is 0 Å². The minimum atomic E-state index is 0.132. The fraction of sp³-hybridized carbons (Fsp3) is 0.300. The summed E-state index contributed by atoms with van der Waals surface area (Å²) in [4.78, 5) is 4.47. The van der Waals surface area contributed by atoms with Gasteiger partial charge in [0.1, 0.15) is 18.1 Å². The summed E-state index contributed by atoms with van der Waals surface area (Å²) in [6.45, 7) is 6.24. The van der Waals surface area contributed by atoms with Crippen LogP contribution >= 0.6 is 23.2 Å². The molecule has 142 valence electrons. The third-order valence-corrected chi connectivity index (χ3v) is 4.87. The van der Waals surface area contributed by atoms with Gasteiger partial charge in [0.15, 0.2) is 0 Å². The van der Waals surface area contributed by atoms with Crippen molar-refractivity contribution in [2.24, 2.45) is 0 Å². The van der Waals surface area contributed by atoms with E-state index >= 15 is 0 Å². The van der Waals surface area contributed by atoms with Gasteiger partial charge in [0.2, 0.25) is 5.88 Å². The van der Waals surface area contributed by atoms with Crippen LogP contribution in [0.15, 0.2) is 34.9 Å². The molecule has 5 nitrogen and oxygen atoms in total. The van der Waals surface area contributed by atoms with Gasteiger partial charge in [-0.1, -0.05) is 48.3 Å². The summed E-state index contributed by atoms with van der Waals surface area (Å²) in [5.41, 5.74) is 3.87. The third kappa shape index (κ3) is 4.04. The van der Waals surface area contributed by atoms with Gasteiger partial charge in [-0.25, -0.2) is 4.98 Å². The van der Waals surface area contributed by atoms with Gasteiger partial charge < -0.3 is 14.6 Å². The van der Waals surface area contributed by atoms with Crippen molar-refractivity contribution in [3.05, 3.63) is 57.4 Å². The predicted octanol–water partition coefficient (Wildman–Crippen LogP) is 6.10. The Labute approximate surface area is 168 Å². The molecule has 0 bridgehead atoms. The molecular weight excluding hydrogens is 385 g/mol. The van der Waals surface area contributed by atoms with Crippen LogP contribution in [0.3, 0.4) is 0 Å². The first-order chi connectivity index (χ1) is 12.9. The third-order valence-electron chi connectivity index (χ3n) is 4.24. The highest BCUT2D eigenvalue weighted by Gasteiger charge is 2.24. The molecule has 0 radical (unpaired) electrons. The van der Waals surface area contributed by atoms with Gasteiger partial charge in [-0.15, -0.1) is 0 Å². The van der Waals surface area contributed by atoms with Gasteiger partial charge in [0, 0.05) is 24.6 Å². The molecule has 0 fully saturated rings. The minimum absolute atomic E-state index is 0.132. The van der Waals surface area contributed by atoms with Crippen LogP contribution in [0.4, 0.5) is 5.69 Å². The number of aromatic nitrogens is 2. The fourth-order valence-corrected chi connectivity index (χ4v) is 3.44. The molecule has 0 amide bonds. The monoisotopic (exact) mass is 405 g/mol. The average Bonchev–Trinajstić information content (AvgIpc) is 3.04. The van der Waals surface area contributed by atoms with E-state index in [0.29, 0.717) is 27.2 Å². The summed E-state index contributed by atoms with van der Waals surface area (Å²) in [6, 6.07) is 9.10. The first-order valence-corrected chi connectivity index (χ1v) is 9.39. The fourth-order valence-electron chi connectivity index (χ4n) is 2.86. The van der Waals surface area contributed by atoms with Crippen molar-refractivity contribution >= 4 is 28.9 Å². The van der Waals surface area contributed by atoms with Gasteiger partial charge in [0.05, 0.1) is 27.0 Å². The molecule has 0 saturated carbocycles. The van der Waals surface area contributed by atoms with Gasteiger partial charge >= 0.3 is 0 Å². The molecule has 0 unspecified atom stereocenters. The van der Waals surface area contributed by atoms with E-state index in [2.05, 4.69) is 15.5 Å². The van der Waals surface area contributed by atoms with Crippen molar-refractivity contribution in [2.75, 3.05) is 12.4 Å². The zero-order valence-electron chi connectivity index (χ0n) is 15.6. The van der Waals surface area contributed by atoms with Crippen LogP contribution in [-0.2, 0) is 6.61 Å². The van der Waals surface area contributed by atoms with Gasteiger partial charge in [-0.2, -0.15) is 0 Å². The van der Waals surface area contributed by atoms with Crippen LogP contribution in [0, 0.1) is 6.92 Å². The lowest BCUT2D eigenvalue weighted by atomic mass is 10.0. The second-order valence-corrected chi connectivity index (χ2v) is 7.26. The molecule has 0 aliphatic carbocycles. The maximum Gasteiger partial charge on any atom is 0.213 e. The maximum absolute atomic E-state index is 6.37. The van der Waals surface area contributed by atoms with Gasteiger partial charge in [0.25, 0.3) is 0 Å². The number of nitrogens with one attached hydrogen (secondary N) is 1. The van der Waals surface area contributed by atoms with E-state index < -0.39 is 0 Å². The Balaban J connectivity index is 1.97. The summed E-state index contributed by atoms with van der Waals surface area (Å²) in [5.74, 6) is 1.40. The van der Waals surface area contributed by atoms with Crippen molar-refractivity contribution in [2.45, 2.75) is 33.3 Å². The number of anilines is 1. The number of ether oxygens (including phenoxy) is 1. The Hall–Kier alpha value is -2.24. The van der Waals surface area contributed by atoms with Crippen LogP contribution in [0.25, 0.3) is 11.3 Å². The lowest BCUT2D eigenvalue weighted by Gasteiger charge is -2.11. The molecule has 0 saturated heterocycles. The molecule has 0 aliphatic rings. The molecule has 27 heavy (non-hydrogen) atoms. The Kier molecular flexibility index (Phi) is 5.92. The SMILES string of the molecule is CNc1ccc(OCc2c(-c3c(Cl)cccc3Cl)noc2C(C)C)nc1C. The number of nitrogens with zero attached hydrogens (tertiary/aromatic N) is 2. The Bertz CT molecular complexity index is 934. The van der Waals surface area contributed by atoms with E-state index in [-0.39, 0.29) is 12.5 Å². The molecule has 7 heteroatoms. The normalized spacial score (nSPS) is 11.1. The van der Waals surface area contributed by atoms with E-state index in [4.69, 9.17) is 32.5 Å². The standard InChI is InChI=1S/C20H21Cl2N3O2/c1-11(2)20-13(10-26-17-9-8-16(23-4)12(3)24-17)19(25-27-20)18-14(21)6-5-7-15(18)22/h5-9,11,23H,10H2,1-4H3. The number of hydrogen-bond acceptors (Lipinski definition) is 5. The van der Waals surface area contributed by atoms with E-state index in [1.165, 1.54) is 0 Å². The highest BCUT2D eigenvalue weighted by atomic mass is 35.5. The lowest BCUT2D eigenvalue weighted by Crippen LogP contribution is -2.03. The summed E-state index contributed by atoms with van der Waals surface area (Å²) < 4.78 is 11.5. The summed E-state index contributed by atoms with van der Waals surface area (Å²) in [6.07, 6.45) is 0. The van der Waals surface area contributed by atoms with E-state index in [1.807, 2.05) is 40.0 Å². The van der Waals surface area contributed by atoms with Gasteiger partial charge in [-0.3, -0.25) is 0 Å².